The number of H-pyrrole nitrogens is 1. The number of hydrogen-bond acceptors (Lipinski definition) is 4. The van der Waals surface area contributed by atoms with Gasteiger partial charge in [0.25, 0.3) is 5.56 Å². The van der Waals surface area contributed by atoms with E-state index in [1.165, 1.54) is 0 Å². The van der Waals surface area contributed by atoms with Crippen LogP contribution in [0, 0.1) is 6.92 Å². The normalized spacial score (nSPS) is 16.2. The molecule has 0 radical (unpaired) electrons. The number of aryl methyl sites for hydroxylation is 1. The number of hydrogen-bond donors (Lipinski definition) is 2. The van der Waals surface area contributed by atoms with Crippen molar-refractivity contribution in [1.29, 1.82) is 0 Å². The smallest absolute Gasteiger partial charge is 0.253 e. The number of benzene rings is 1. The molecule has 1 saturated heterocycles. The first-order valence-corrected chi connectivity index (χ1v) is 11.9. The number of rotatable bonds is 10. The molecule has 1 aromatic heterocycles. The van der Waals surface area contributed by atoms with Gasteiger partial charge in [-0.25, -0.2) is 0 Å². The van der Waals surface area contributed by atoms with Gasteiger partial charge in [0.1, 0.15) is 0 Å². The van der Waals surface area contributed by atoms with E-state index in [9.17, 15) is 4.79 Å². The van der Waals surface area contributed by atoms with Gasteiger partial charge in [-0.15, -0.1) is 0 Å². The Hall–Kier alpha value is -1.96. The van der Waals surface area contributed by atoms with E-state index in [1.807, 2.05) is 19.1 Å². The van der Waals surface area contributed by atoms with Gasteiger partial charge in [-0.1, -0.05) is 26.0 Å². The zero-order chi connectivity index (χ0) is 22.2. The third kappa shape index (κ3) is 6.76. The number of thiocarbonyl (C=S) groups is 1. The molecule has 170 valence electrons. The number of ether oxygens (including phenoxy) is 1. The number of aromatic nitrogens is 1. The van der Waals surface area contributed by atoms with Crippen LogP contribution < -0.4 is 10.9 Å². The molecule has 0 aliphatic carbocycles. The Morgan fingerprint density at radius 2 is 2.10 bits per heavy atom. The lowest BCUT2D eigenvalue weighted by atomic mass is 10.1. The summed E-state index contributed by atoms with van der Waals surface area (Å²) in [6.45, 7) is 12.4. The average molecular weight is 445 g/mol. The van der Waals surface area contributed by atoms with Gasteiger partial charge in [-0.05, 0) is 81.1 Å². The molecule has 0 amide bonds. The van der Waals surface area contributed by atoms with Gasteiger partial charge in [-0.3, -0.25) is 4.79 Å². The predicted molar refractivity (Wildman–Crippen MR) is 132 cm³/mol. The van der Waals surface area contributed by atoms with E-state index in [0.717, 1.165) is 74.1 Å². The van der Waals surface area contributed by atoms with Crippen LogP contribution in [0.3, 0.4) is 0 Å². The van der Waals surface area contributed by atoms with Gasteiger partial charge in [0.2, 0.25) is 0 Å². The van der Waals surface area contributed by atoms with Crippen molar-refractivity contribution in [3.63, 3.8) is 0 Å². The number of pyridine rings is 1. The molecule has 1 aromatic carbocycles. The number of fused-ring (bicyclic) bond motifs is 1. The second-order valence-corrected chi connectivity index (χ2v) is 8.73. The zero-order valence-electron chi connectivity index (χ0n) is 19.1. The summed E-state index contributed by atoms with van der Waals surface area (Å²) < 4.78 is 5.85. The van der Waals surface area contributed by atoms with Crippen LogP contribution in [0.5, 0.6) is 0 Å². The molecule has 6 nitrogen and oxygen atoms in total. The fourth-order valence-corrected chi connectivity index (χ4v) is 4.33. The van der Waals surface area contributed by atoms with Crippen molar-refractivity contribution < 1.29 is 4.74 Å². The highest BCUT2D eigenvalue weighted by molar-refractivity contribution is 7.80. The van der Waals surface area contributed by atoms with Gasteiger partial charge in [-0.2, -0.15) is 0 Å². The molecule has 1 atom stereocenters. The Morgan fingerprint density at radius 3 is 2.81 bits per heavy atom. The minimum atomic E-state index is -0.0558. The minimum Gasteiger partial charge on any atom is -0.376 e. The average Bonchev–Trinajstić information content (AvgIpc) is 3.27. The molecular formula is C24H36N4O2S. The zero-order valence-corrected chi connectivity index (χ0v) is 19.9. The molecule has 31 heavy (non-hydrogen) atoms. The van der Waals surface area contributed by atoms with Crippen LogP contribution in [-0.2, 0) is 11.3 Å². The summed E-state index contributed by atoms with van der Waals surface area (Å²) in [6, 6.07) is 8.11. The van der Waals surface area contributed by atoms with E-state index in [4.69, 9.17) is 17.0 Å². The molecule has 0 spiro atoms. The van der Waals surface area contributed by atoms with E-state index < -0.39 is 0 Å². The Morgan fingerprint density at radius 1 is 1.29 bits per heavy atom. The minimum absolute atomic E-state index is 0.0558. The van der Waals surface area contributed by atoms with Crippen LogP contribution >= 0.6 is 12.2 Å². The van der Waals surface area contributed by atoms with E-state index in [2.05, 4.69) is 46.1 Å². The van der Waals surface area contributed by atoms with E-state index in [1.54, 1.807) is 0 Å². The Labute approximate surface area is 191 Å². The topological polar surface area (TPSA) is 60.6 Å². The molecule has 2 aromatic rings. The van der Waals surface area contributed by atoms with Crippen molar-refractivity contribution in [2.75, 3.05) is 39.3 Å². The quantitative estimate of drug-likeness (QED) is 0.433. The molecule has 2 N–H and O–H groups in total. The highest BCUT2D eigenvalue weighted by Gasteiger charge is 2.22. The van der Waals surface area contributed by atoms with E-state index in [0.29, 0.717) is 18.2 Å². The number of aromatic amines is 1. The predicted octanol–water partition coefficient (Wildman–Crippen LogP) is 3.42. The maximum Gasteiger partial charge on any atom is 0.253 e. The van der Waals surface area contributed by atoms with Crippen LogP contribution in [0.1, 0.15) is 44.2 Å². The largest absolute Gasteiger partial charge is 0.376 e. The monoisotopic (exact) mass is 444 g/mol. The molecular weight excluding hydrogens is 408 g/mol. The highest BCUT2D eigenvalue weighted by Crippen LogP contribution is 2.17. The first kappa shape index (κ1) is 23.7. The van der Waals surface area contributed by atoms with Crippen molar-refractivity contribution in [3.05, 3.63) is 45.7 Å². The van der Waals surface area contributed by atoms with Crippen molar-refractivity contribution >= 4 is 28.2 Å². The van der Waals surface area contributed by atoms with Gasteiger partial charge in [0.05, 0.1) is 12.6 Å². The third-order valence-electron chi connectivity index (χ3n) is 6.00. The molecule has 1 aliphatic rings. The molecule has 0 saturated carbocycles. The van der Waals surface area contributed by atoms with E-state index >= 15 is 0 Å². The lowest BCUT2D eigenvalue weighted by Gasteiger charge is -2.28. The van der Waals surface area contributed by atoms with Crippen molar-refractivity contribution in [1.82, 2.24) is 20.1 Å². The second-order valence-electron chi connectivity index (χ2n) is 8.34. The van der Waals surface area contributed by atoms with Gasteiger partial charge in [0, 0.05) is 30.8 Å². The van der Waals surface area contributed by atoms with Gasteiger partial charge >= 0.3 is 0 Å². The summed E-state index contributed by atoms with van der Waals surface area (Å²) in [5, 5.41) is 5.14. The molecule has 3 rings (SSSR count). The summed E-state index contributed by atoms with van der Waals surface area (Å²) in [7, 11) is 0. The van der Waals surface area contributed by atoms with Crippen LogP contribution in [0.15, 0.2) is 29.1 Å². The number of nitrogens with zero attached hydrogens (tertiary/aromatic N) is 2. The SMILES string of the molecule is CCN(CC)CCCNC(=S)N(Cc1cc2ccc(C)cc2[nH]c1=O)C[C@H]1CCCO1. The van der Waals surface area contributed by atoms with Crippen LogP contribution in [0.4, 0.5) is 0 Å². The fraction of sp³-hybridized carbons (Fsp3) is 0.583. The highest BCUT2D eigenvalue weighted by atomic mass is 32.1. The Bertz CT molecular complexity index is 919. The van der Waals surface area contributed by atoms with Crippen molar-refractivity contribution in [3.8, 4) is 0 Å². The molecule has 0 bridgehead atoms. The van der Waals surface area contributed by atoms with E-state index in [-0.39, 0.29) is 11.7 Å². The molecule has 2 heterocycles. The van der Waals surface area contributed by atoms with Crippen LogP contribution in [-0.4, -0.2) is 65.3 Å². The Kier molecular flexibility index (Phi) is 8.87. The van der Waals surface area contributed by atoms with Gasteiger partial charge < -0.3 is 24.8 Å². The van der Waals surface area contributed by atoms with Crippen LogP contribution in [0.25, 0.3) is 10.9 Å². The lowest BCUT2D eigenvalue weighted by molar-refractivity contribution is 0.0896. The summed E-state index contributed by atoms with van der Waals surface area (Å²) in [5.74, 6) is 0. The molecule has 7 heteroatoms. The van der Waals surface area contributed by atoms with Crippen LogP contribution in [0.2, 0.25) is 0 Å². The number of nitrogens with one attached hydrogen (secondary N) is 2. The molecule has 1 aliphatic heterocycles. The summed E-state index contributed by atoms with van der Waals surface area (Å²) in [4.78, 5) is 20.3. The summed E-state index contributed by atoms with van der Waals surface area (Å²) >= 11 is 5.73. The maximum absolute atomic E-state index is 12.8. The third-order valence-corrected chi connectivity index (χ3v) is 6.40. The molecule has 0 unspecified atom stereocenters. The molecule has 1 fully saturated rings. The first-order valence-electron chi connectivity index (χ1n) is 11.5. The summed E-state index contributed by atoms with van der Waals surface area (Å²) in [5.41, 5.74) is 2.67. The maximum atomic E-state index is 12.8. The van der Waals surface area contributed by atoms with Crippen molar-refractivity contribution in [2.24, 2.45) is 0 Å². The lowest BCUT2D eigenvalue weighted by Crippen LogP contribution is -2.44. The Balaban J connectivity index is 1.69. The van der Waals surface area contributed by atoms with Crippen molar-refractivity contribution in [2.45, 2.75) is 52.7 Å². The summed E-state index contributed by atoms with van der Waals surface area (Å²) in [6.07, 6.45) is 3.32. The first-order chi connectivity index (χ1) is 15.0. The standard InChI is InChI=1S/C24H36N4O2S/c1-4-27(5-2)12-7-11-25-24(31)28(17-21-8-6-13-30-21)16-20-15-19-10-9-18(3)14-22(19)26-23(20)29/h9-10,14-15,21H,4-8,11-13,16-17H2,1-3H3,(H,25,31)(H,26,29)/t21-/m1/s1. The fourth-order valence-electron chi connectivity index (χ4n) is 4.09. The second kappa shape index (κ2) is 11.6. The van der Waals surface area contributed by atoms with Gasteiger partial charge in [0.15, 0.2) is 5.11 Å².